The third-order valence-corrected chi connectivity index (χ3v) is 1.43. The smallest absolute Gasteiger partial charge is 0.0120 e. The summed E-state index contributed by atoms with van der Waals surface area (Å²) in [7, 11) is 0. The fourth-order valence-electron chi connectivity index (χ4n) is 0.680. The predicted octanol–water partition coefficient (Wildman–Crippen LogP) is 2.40. The average Bonchev–Trinajstić information content (AvgIpc) is 2.63. The molecule has 9 heavy (non-hydrogen) atoms. The molecule has 1 aliphatic rings. The molecule has 1 unspecified atom stereocenters. The minimum absolute atomic E-state index is 0.856. The molecule has 0 amide bonds. The van der Waals surface area contributed by atoms with Gasteiger partial charge in [-0.3, -0.25) is 0 Å². The Kier molecular flexibility index (Phi) is 2.64. The van der Waals surface area contributed by atoms with Crippen LogP contribution in [0.4, 0.5) is 0 Å². The van der Waals surface area contributed by atoms with E-state index in [9.17, 15) is 0 Å². The molecule has 1 fully saturated rings. The Bertz CT molecular complexity index is 121. The molecule has 0 nitrogen and oxygen atoms in total. The molecular formula is C9H13. The first kappa shape index (κ1) is 6.68. The van der Waals surface area contributed by atoms with Gasteiger partial charge in [0.25, 0.3) is 0 Å². The maximum atomic E-state index is 3.17. The second kappa shape index (κ2) is 3.56. The van der Waals surface area contributed by atoms with E-state index in [-0.39, 0.29) is 0 Å². The lowest BCUT2D eigenvalue weighted by Gasteiger charge is -1.80. The van der Waals surface area contributed by atoms with Crippen molar-refractivity contribution in [3.05, 3.63) is 6.42 Å². The van der Waals surface area contributed by atoms with Gasteiger partial charge in [-0.05, 0) is 25.2 Å². The summed E-state index contributed by atoms with van der Waals surface area (Å²) in [5.74, 6) is 7.16. The zero-order chi connectivity index (χ0) is 6.53. The van der Waals surface area contributed by atoms with Gasteiger partial charge in [0.1, 0.15) is 0 Å². The van der Waals surface area contributed by atoms with Crippen molar-refractivity contribution in [1.82, 2.24) is 0 Å². The first-order valence-electron chi connectivity index (χ1n) is 3.72. The van der Waals surface area contributed by atoms with Gasteiger partial charge < -0.3 is 0 Å². The van der Waals surface area contributed by atoms with Gasteiger partial charge in [-0.2, -0.15) is 0 Å². The summed E-state index contributed by atoms with van der Waals surface area (Å²) in [4.78, 5) is 0. The molecule has 0 aliphatic heterocycles. The van der Waals surface area contributed by atoms with Gasteiger partial charge in [0.15, 0.2) is 0 Å². The molecule has 0 heterocycles. The molecule has 1 aliphatic carbocycles. The van der Waals surface area contributed by atoms with Gasteiger partial charge in [-0.25, -0.2) is 0 Å². The second-order valence-electron chi connectivity index (χ2n) is 2.54. The average molecular weight is 121 g/mol. The summed E-state index contributed by atoms with van der Waals surface area (Å²) in [6, 6.07) is 0. The summed E-state index contributed by atoms with van der Waals surface area (Å²) in [5.41, 5.74) is 0. The van der Waals surface area contributed by atoms with Crippen LogP contribution in [-0.2, 0) is 0 Å². The molecule has 1 atom stereocenters. The van der Waals surface area contributed by atoms with Crippen LogP contribution in [0.3, 0.4) is 0 Å². The number of hydrogen-bond acceptors (Lipinski definition) is 0. The van der Waals surface area contributed by atoms with Crippen LogP contribution in [0, 0.1) is 24.2 Å². The highest BCUT2D eigenvalue weighted by molar-refractivity contribution is 5.07. The summed E-state index contributed by atoms with van der Waals surface area (Å²) in [6.07, 6.45) is 7.01. The molecular weight excluding hydrogens is 108 g/mol. The van der Waals surface area contributed by atoms with E-state index in [1.54, 1.807) is 0 Å². The Labute approximate surface area is 57.7 Å². The molecule has 1 saturated carbocycles. The Morgan fingerprint density at radius 2 is 2.33 bits per heavy atom. The van der Waals surface area contributed by atoms with Crippen molar-refractivity contribution in [2.45, 2.75) is 32.6 Å². The van der Waals surface area contributed by atoms with Crippen LogP contribution < -0.4 is 0 Å². The highest BCUT2D eigenvalue weighted by Crippen LogP contribution is 2.30. The normalized spacial score (nSPS) is 16.6. The van der Waals surface area contributed by atoms with Crippen LogP contribution in [0.2, 0.25) is 0 Å². The van der Waals surface area contributed by atoms with Crippen molar-refractivity contribution in [3.8, 4) is 11.8 Å². The van der Waals surface area contributed by atoms with Crippen molar-refractivity contribution >= 4 is 0 Å². The Hall–Kier alpha value is -0.440. The molecule has 0 aromatic carbocycles. The summed E-state index contributed by atoms with van der Waals surface area (Å²) in [5, 5.41) is 0. The standard InChI is InChI=1S/C9H13/c1-2-3-4-5-6-9-7-8-9/h7,9H,2-3,6,8H2,1H3. The molecule has 0 bridgehead atoms. The van der Waals surface area contributed by atoms with Crippen LogP contribution in [0.1, 0.15) is 32.6 Å². The van der Waals surface area contributed by atoms with Crippen molar-refractivity contribution in [3.63, 3.8) is 0 Å². The Balaban J connectivity index is 1.95. The summed E-state index contributed by atoms with van der Waals surface area (Å²) >= 11 is 0. The molecule has 0 aromatic heterocycles. The Morgan fingerprint density at radius 3 is 2.89 bits per heavy atom. The van der Waals surface area contributed by atoms with Crippen LogP contribution >= 0.6 is 0 Å². The van der Waals surface area contributed by atoms with E-state index in [2.05, 4.69) is 25.2 Å². The lowest BCUT2D eigenvalue weighted by Crippen LogP contribution is -1.69. The summed E-state index contributed by atoms with van der Waals surface area (Å²) in [6.45, 7) is 2.16. The van der Waals surface area contributed by atoms with Gasteiger partial charge in [0.2, 0.25) is 0 Å². The Morgan fingerprint density at radius 1 is 1.56 bits per heavy atom. The van der Waals surface area contributed by atoms with Crippen LogP contribution in [0.25, 0.3) is 0 Å². The summed E-state index contributed by atoms with van der Waals surface area (Å²) < 4.78 is 0. The molecule has 49 valence electrons. The van der Waals surface area contributed by atoms with Crippen molar-refractivity contribution in [2.75, 3.05) is 0 Å². The number of rotatable bonds is 2. The largest absolute Gasteiger partial charge is 0.103 e. The fourth-order valence-corrected chi connectivity index (χ4v) is 0.680. The molecule has 0 spiro atoms. The first-order chi connectivity index (χ1) is 4.43. The van der Waals surface area contributed by atoms with E-state index in [1.165, 1.54) is 12.8 Å². The van der Waals surface area contributed by atoms with E-state index in [1.807, 2.05) is 0 Å². The first-order valence-corrected chi connectivity index (χ1v) is 3.72. The number of hydrogen-bond donors (Lipinski definition) is 0. The second-order valence-corrected chi connectivity index (χ2v) is 2.54. The molecule has 0 N–H and O–H groups in total. The van der Waals surface area contributed by atoms with E-state index >= 15 is 0 Å². The monoisotopic (exact) mass is 121 g/mol. The van der Waals surface area contributed by atoms with Crippen LogP contribution in [-0.4, -0.2) is 0 Å². The van der Waals surface area contributed by atoms with Crippen LogP contribution in [0.5, 0.6) is 0 Å². The quantitative estimate of drug-likeness (QED) is 0.492. The van der Waals surface area contributed by atoms with E-state index in [4.69, 9.17) is 0 Å². The highest BCUT2D eigenvalue weighted by atomic mass is 14.2. The van der Waals surface area contributed by atoms with Gasteiger partial charge >= 0.3 is 0 Å². The van der Waals surface area contributed by atoms with Crippen molar-refractivity contribution in [2.24, 2.45) is 5.92 Å². The fraction of sp³-hybridized carbons (Fsp3) is 0.667. The lowest BCUT2D eigenvalue weighted by atomic mass is 10.3. The van der Waals surface area contributed by atoms with E-state index < -0.39 is 0 Å². The van der Waals surface area contributed by atoms with E-state index in [0.717, 1.165) is 18.8 Å². The van der Waals surface area contributed by atoms with E-state index in [0.29, 0.717) is 0 Å². The molecule has 1 rings (SSSR count). The highest BCUT2D eigenvalue weighted by Gasteiger charge is 2.19. The maximum absolute atomic E-state index is 3.17. The predicted molar refractivity (Wildman–Crippen MR) is 39.7 cm³/mol. The SMILES string of the molecule is CCCC#CCC1[CH]C1. The lowest BCUT2D eigenvalue weighted by molar-refractivity contribution is 0.909. The molecule has 0 aromatic rings. The van der Waals surface area contributed by atoms with Gasteiger partial charge in [0.05, 0.1) is 0 Å². The van der Waals surface area contributed by atoms with Gasteiger partial charge in [-0.15, -0.1) is 11.8 Å². The third kappa shape index (κ3) is 3.19. The van der Waals surface area contributed by atoms with Crippen LogP contribution in [0.15, 0.2) is 0 Å². The zero-order valence-corrected chi connectivity index (χ0v) is 5.98. The van der Waals surface area contributed by atoms with Crippen molar-refractivity contribution in [1.29, 1.82) is 0 Å². The van der Waals surface area contributed by atoms with Gasteiger partial charge in [-0.1, -0.05) is 6.92 Å². The minimum Gasteiger partial charge on any atom is -0.103 e. The zero-order valence-electron chi connectivity index (χ0n) is 5.98. The maximum Gasteiger partial charge on any atom is 0.0120 e. The van der Waals surface area contributed by atoms with Gasteiger partial charge in [0, 0.05) is 12.8 Å². The minimum atomic E-state index is 0.856. The molecule has 1 radical (unpaired) electrons. The topological polar surface area (TPSA) is 0 Å². The molecule has 0 heteroatoms. The molecule has 0 saturated heterocycles. The van der Waals surface area contributed by atoms with Crippen molar-refractivity contribution < 1.29 is 0 Å². The number of unbranched alkanes of at least 4 members (excludes halogenated alkanes) is 1. The third-order valence-electron chi connectivity index (χ3n) is 1.43.